The van der Waals surface area contributed by atoms with Gasteiger partial charge in [-0.2, -0.15) is 0 Å². The lowest BCUT2D eigenvalue weighted by Crippen LogP contribution is -2.13. The Kier molecular flexibility index (Phi) is 2.31. The SMILES string of the molecule is C/C=C/C(C)(C)c1nnc(C)o1. The monoisotopic (exact) mass is 166 g/mol. The molecule has 0 spiro atoms. The minimum atomic E-state index is -0.157. The van der Waals surface area contributed by atoms with Crippen molar-refractivity contribution in [3.05, 3.63) is 23.9 Å². The fourth-order valence-corrected chi connectivity index (χ4v) is 1.04. The number of hydrogen-bond acceptors (Lipinski definition) is 3. The quantitative estimate of drug-likeness (QED) is 0.632. The molecule has 66 valence electrons. The number of nitrogens with zero attached hydrogens (tertiary/aromatic N) is 2. The van der Waals surface area contributed by atoms with Gasteiger partial charge < -0.3 is 4.42 Å². The predicted octanol–water partition coefficient (Wildman–Crippen LogP) is 2.23. The molecule has 1 heterocycles. The minimum Gasteiger partial charge on any atom is -0.425 e. The smallest absolute Gasteiger partial charge is 0.225 e. The van der Waals surface area contributed by atoms with Crippen LogP contribution in [-0.4, -0.2) is 10.2 Å². The van der Waals surface area contributed by atoms with Crippen LogP contribution < -0.4 is 0 Å². The molecule has 0 atom stereocenters. The van der Waals surface area contributed by atoms with Crippen molar-refractivity contribution in [1.82, 2.24) is 10.2 Å². The molecule has 0 amide bonds. The summed E-state index contributed by atoms with van der Waals surface area (Å²) < 4.78 is 5.33. The first-order valence-corrected chi connectivity index (χ1v) is 4.00. The third kappa shape index (κ3) is 1.72. The topological polar surface area (TPSA) is 38.9 Å². The standard InChI is InChI=1S/C9H14N2O/c1-5-6-9(3,4)8-11-10-7(2)12-8/h5-6H,1-4H3/b6-5+. The van der Waals surface area contributed by atoms with Crippen molar-refractivity contribution in [1.29, 1.82) is 0 Å². The molecule has 0 aliphatic carbocycles. The Hall–Kier alpha value is -1.12. The number of rotatable bonds is 2. The van der Waals surface area contributed by atoms with Crippen LogP contribution in [0.25, 0.3) is 0 Å². The van der Waals surface area contributed by atoms with Crippen LogP contribution in [0.4, 0.5) is 0 Å². The van der Waals surface area contributed by atoms with Crippen LogP contribution in [0.1, 0.15) is 32.6 Å². The summed E-state index contributed by atoms with van der Waals surface area (Å²) in [5.41, 5.74) is -0.157. The Labute approximate surface area is 72.5 Å². The van der Waals surface area contributed by atoms with Crippen molar-refractivity contribution in [3.8, 4) is 0 Å². The van der Waals surface area contributed by atoms with Gasteiger partial charge in [-0.3, -0.25) is 0 Å². The van der Waals surface area contributed by atoms with E-state index in [4.69, 9.17) is 4.42 Å². The first-order chi connectivity index (χ1) is 5.56. The van der Waals surface area contributed by atoms with Gasteiger partial charge in [0.05, 0.1) is 5.41 Å². The third-order valence-electron chi connectivity index (χ3n) is 1.66. The average Bonchev–Trinajstić information content (AvgIpc) is 2.36. The second-order valence-corrected chi connectivity index (χ2v) is 3.35. The Morgan fingerprint density at radius 1 is 1.33 bits per heavy atom. The largest absolute Gasteiger partial charge is 0.425 e. The summed E-state index contributed by atoms with van der Waals surface area (Å²) in [5.74, 6) is 1.28. The lowest BCUT2D eigenvalue weighted by Gasteiger charge is -2.13. The molecule has 0 fully saturated rings. The van der Waals surface area contributed by atoms with E-state index in [9.17, 15) is 0 Å². The van der Waals surface area contributed by atoms with Gasteiger partial charge in [0, 0.05) is 6.92 Å². The van der Waals surface area contributed by atoms with Crippen LogP contribution >= 0.6 is 0 Å². The van der Waals surface area contributed by atoms with Crippen molar-refractivity contribution in [2.24, 2.45) is 0 Å². The highest BCUT2D eigenvalue weighted by atomic mass is 16.4. The summed E-state index contributed by atoms with van der Waals surface area (Å²) in [6.45, 7) is 7.85. The molecule has 12 heavy (non-hydrogen) atoms. The van der Waals surface area contributed by atoms with Gasteiger partial charge in [0.25, 0.3) is 0 Å². The highest BCUT2D eigenvalue weighted by Crippen LogP contribution is 2.22. The maximum absolute atomic E-state index is 5.33. The number of allylic oxidation sites excluding steroid dienone is 2. The zero-order chi connectivity index (χ0) is 9.19. The Morgan fingerprint density at radius 2 is 2.00 bits per heavy atom. The van der Waals surface area contributed by atoms with Crippen LogP contribution in [0, 0.1) is 6.92 Å². The van der Waals surface area contributed by atoms with Crippen LogP contribution in [0.3, 0.4) is 0 Å². The van der Waals surface area contributed by atoms with Gasteiger partial charge in [0.15, 0.2) is 0 Å². The average molecular weight is 166 g/mol. The van der Waals surface area contributed by atoms with Gasteiger partial charge in [0.1, 0.15) is 0 Å². The Bertz CT molecular complexity index is 286. The molecule has 0 unspecified atom stereocenters. The van der Waals surface area contributed by atoms with E-state index in [0.717, 1.165) is 0 Å². The lowest BCUT2D eigenvalue weighted by molar-refractivity contribution is 0.404. The minimum absolute atomic E-state index is 0.157. The molecule has 0 bridgehead atoms. The van der Waals surface area contributed by atoms with E-state index in [-0.39, 0.29) is 5.41 Å². The van der Waals surface area contributed by atoms with Gasteiger partial charge in [0.2, 0.25) is 11.8 Å². The molecule has 0 N–H and O–H groups in total. The van der Waals surface area contributed by atoms with Gasteiger partial charge in [-0.15, -0.1) is 10.2 Å². The molecule has 0 saturated carbocycles. The van der Waals surface area contributed by atoms with Crippen molar-refractivity contribution in [3.63, 3.8) is 0 Å². The predicted molar refractivity (Wildman–Crippen MR) is 46.9 cm³/mol. The number of aromatic nitrogens is 2. The first kappa shape index (κ1) is 8.97. The van der Waals surface area contributed by atoms with Crippen LogP contribution in [0.2, 0.25) is 0 Å². The number of hydrogen-bond donors (Lipinski definition) is 0. The highest BCUT2D eigenvalue weighted by Gasteiger charge is 2.22. The molecule has 0 aliphatic heterocycles. The molecular weight excluding hydrogens is 152 g/mol. The van der Waals surface area contributed by atoms with E-state index in [1.807, 2.05) is 32.9 Å². The fourth-order valence-electron chi connectivity index (χ4n) is 1.04. The van der Waals surface area contributed by atoms with Gasteiger partial charge >= 0.3 is 0 Å². The first-order valence-electron chi connectivity index (χ1n) is 4.00. The summed E-state index contributed by atoms with van der Waals surface area (Å²) >= 11 is 0. The van der Waals surface area contributed by atoms with Gasteiger partial charge in [-0.05, 0) is 20.8 Å². The van der Waals surface area contributed by atoms with Gasteiger partial charge in [-0.25, -0.2) is 0 Å². The molecule has 3 heteroatoms. The maximum Gasteiger partial charge on any atom is 0.225 e. The molecule has 0 radical (unpaired) electrons. The summed E-state index contributed by atoms with van der Waals surface area (Å²) in [4.78, 5) is 0. The summed E-state index contributed by atoms with van der Waals surface area (Å²) in [7, 11) is 0. The molecular formula is C9H14N2O. The van der Waals surface area contributed by atoms with Crippen molar-refractivity contribution < 1.29 is 4.42 Å². The second-order valence-electron chi connectivity index (χ2n) is 3.35. The molecule has 1 aromatic rings. The molecule has 1 aromatic heterocycles. The van der Waals surface area contributed by atoms with E-state index >= 15 is 0 Å². The summed E-state index contributed by atoms with van der Waals surface area (Å²) in [6, 6.07) is 0. The van der Waals surface area contributed by atoms with Crippen molar-refractivity contribution in [2.75, 3.05) is 0 Å². The normalized spacial score (nSPS) is 12.7. The van der Waals surface area contributed by atoms with E-state index < -0.39 is 0 Å². The lowest BCUT2D eigenvalue weighted by atomic mass is 9.93. The van der Waals surface area contributed by atoms with E-state index in [0.29, 0.717) is 11.8 Å². The second kappa shape index (κ2) is 3.09. The summed E-state index contributed by atoms with van der Waals surface area (Å²) in [5, 5.41) is 7.75. The van der Waals surface area contributed by atoms with E-state index in [1.54, 1.807) is 6.92 Å². The Balaban J connectivity index is 2.96. The summed E-state index contributed by atoms with van der Waals surface area (Å²) in [6.07, 6.45) is 4.03. The van der Waals surface area contributed by atoms with Crippen LogP contribution in [-0.2, 0) is 5.41 Å². The zero-order valence-corrected chi connectivity index (χ0v) is 7.96. The van der Waals surface area contributed by atoms with Gasteiger partial charge in [-0.1, -0.05) is 12.2 Å². The molecule has 0 aromatic carbocycles. The van der Waals surface area contributed by atoms with Crippen molar-refractivity contribution in [2.45, 2.75) is 33.1 Å². The van der Waals surface area contributed by atoms with Crippen LogP contribution in [0.15, 0.2) is 16.6 Å². The van der Waals surface area contributed by atoms with Crippen molar-refractivity contribution >= 4 is 0 Å². The molecule has 0 saturated heterocycles. The fraction of sp³-hybridized carbons (Fsp3) is 0.556. The van der Waals surface area contributed by atoms with E-state index in [1.165, 1.54) is 0 Å². The third-order valence-corrected chi connectivity index (χ3v) is 1.66. The zero-order valence-electron chi connectivity index (χ0n) is 7.96. The Morgan fingerprint density at radius 3 is 2.42 bits per heavy atom. The van der Waals surface area contributed by atoms with Crippen LogP contribution in [0.5, 0.6) is 0 Å². The number of aryl methyl sites for hydroxylation is 1. The molecule has 3 nitrogen and oxygen atoms in total. The van der Waals surface area contributed by atoms with E-state index in [2.05, 4.69) is 10.2 Å². The maximum atomic E-state index is 5.33. The molecule has 0 aliphatic rings. The highest BCUT2D eigenvalue weighted by molar-refractivity contribution is 5.11. The molecule has 1 rings (SSSR count).